The van der Waals surface area contributed by atoms with Crippen LogP contribution in [0.2, 0.25) is 5.15 Å². The molecule has 112 valence electrons. The third-order valence-electron chi connectivity index (χ3n) is 3.18. The Balaban J connectivity index is 2.15. The molecule has 0 aliphatic carbocycles. The molecule has 22 heavy (non-hydrogen) atoms. The minimum absolute atomic E-state index is 0.0209. The van der Waals surface area contributed by atoms with Crippen molar-refractivity contribution in [3.05, 3.63) is 53.2 Å². The molecule has 0 aliphatic rings. The highest BCUT2D eigenvalue weighted by Gasteiger charge is 2.30. The standard InChI is InChI=1S/C14H11ClN4O3/c1-22-13(21)11-12(20)19(14-16-5-2-6-18(11)14)8-9-3-4-10(15)17-7-9/h2-7H,8H2,1H3/p+1. The molecule has 3 heterocycles. The Labute approximate surface area is 130 Å². The summed E-state index contributed by atoms with van der Waals surface area (Å²) in [5.41, 5.74) is 0.826. The largest absolute Gasteiger partial charge is 0.481 e. The highest BCUT2D eigenvalue weighted by atomic mass is 35.5. The molecule has 7 nitrogen and oxygen atoms in total. The number of methoxy groups -OCH3 is 1. The van der Waals surface area contributed by atoms with E-state index in [1.165, 1.54) is 16.1 Å². The molecule has 3 aromatic heterocycles. The quantitative estimate of drug-likeness (QED) is 0.446. The summed E-state index contributed by atoms with van der Waals surface area (Å²) in [6.07, 6.45) is 4.80. The lowest BCUT2D eigenvalue weighted by atomic mass is 10.3. The average Bonchev–Trinajstić information content (AvgIpc) is 2.81. The third kappa shape index (κ3) is 2.35. The fraction of sp³-hybridized carbons (Fsp3) is 0.143. The molecular weight excluding hydrogens is 308 g/mol. The van der Waals surface area contributed by atoms with Gasteiger partial charge in [0.25, 0.3) is 5.69 Å². The molecule has 0 amide bonds. The number of carbonyl (C=O) groups excluding carboxylic acids is 1. The molecule has 1 N–H and O–H groups in total. The van der Waals surface area contributed by atoms with E-state index in [-0.39, 0.29) is 18.1 Å². The van der Waals surface area contributed by atoms with Crippen LogP contribution in [0.25, 0.3) is 5.78 Å². The Bertz CT molecular complexity index is 845. The molecule has 0 aliphatic heterocycles. The lowest BCUT2D eigenvalue weighted by molar-refractivity contribution is -0.670. The first kappa shape index (κ1) is 14.3. The number of fused-ring (bicyclic) bond motifs is 1. The molecule has 0 unspecified atom stereocenters. The summed E-state index contributed by atoms with van der Waals surface area (Å²) in [4.78, 5) is 20.1. The number of aromatic nitrogens is 4. The number of pyridine rings is 1. The van der Waals surface area contributed by atoms with Gasteiger partial charge in [0.1, 0.15) is 17.9 Å². The second-order valence-electron chi connectivity index (χ2n) is 4.53. The van der Waals surface area contributed by atoms with Crippen LogP contribution < -0.4 is 4.57 Å². The van der Waals surface area contributed by atoms with Crippen LogP contribution in [0.5, 0.6) is 5.88 Å². The van der Waals surface area contributed by atoms with Crippen molar-refractivity contribution in [2.24, 2.45) is 0 Å². The summed E-state index contributed by atoms with van der Waals surface area (Å²) in [7, 11) is 1.25. The maximum absolute atomic E-state index is 11.9. The van der Waals surface area contributed by atoms with E-state index < -0.39 is 5.97 Å². The SMILES string of the molecule is COC(=O)c1c(O)[n+](Cc2ccc(Cl)nc2)c2ncccn12. The number of carbonyl (C=O) groups is 1. The number of nitrogens with zero attached hydrogens (tertiary/aromatic N) is 4. The average molecular weight is 320 g/mol. The van der Waals surface area contributed by atoms with Gasteiger partial charge in [0.05, 0.1) is 13.3 Å². The van der Waals surface area contributed by atoms with Crippen molar-refractivity contribution in [1.29, 1.82) is 0 Å². The first-order chi connectivity index (χ1) is 10.6. The molecule has 0 aromatic carbocycles. The molecule has 3 aromatic rings. The predicted octanol–water partition coefficient (Wildman–Crippen LogP) is 1.21. The zero-order chi connectivity index (χ0) is 15.7. The minimum atomic E-state index is -0.645. The van der Waals surface area contributed by atoms with E-state index in [1.54, 1.807) is 36.8 Å². The van der Waals surface area contributed by atoms with Crippen molar-refractivity contribution < 1.29 is 19.2 Å². The van der Waals surface area contributed by atoms with Crippen molar-refractivity contribution in [2.75, 3.05) is 7.11 Å². The van der Waals surface area contributed by atoms with E-state index >= 15 is 0 Å². The number of hydrogen-bond donors (Lipinski definition) is 1. The Morgan fingerprint density at radius 2 is 2.27 bits per heavy atom. The predicted molar refractivity (Wildman–Crippen MR) is 76.7 cm³/mol. The summed E-state index contributed by atoms with van der Waals surface area (Å²) < 4.78 is 7.69. The van der Waals surface area contributed by atoms with Gasteiger partial charge in [-0.1, -0.05) is 22.7 Å². The maximum atomic E-state index is 11.9. The fourth-order valence-corrected chi connectivity index (χ4v) is 2.29. The summed E-state index contributed by atoms with van der Waals surface area (Å²) >= 11 is 5.76. The van der Waals surface area contributed by atoms with Gasteiger partial charge in [-0.3, -0.25) is 0 Å². The van der Waals surface area contributed by atoms with E-state index in [9.17, 15) is 9.90 Å². The van der Waals surface area contributed by atoms with Gasteiger partial charge in [-0.05, 0) is 6.07 Å². The van der Waals surface area contributed by atoms with E-state index in [1.807, 2.05) is 0 Å². The van der Waals surface area contributed by atoms with Crippen LogP contribution in [0.3, 0.4) is 0 Å². The smallest absolute Gasteiger partial charge is 0.407 e. The molecule has 0 bridgehead atoms. The topological polar surface area (TPSA) is 80.6 Å². The minimum Gasteiger partial charge on any atom is -0.481 e. The van der Waals surface area contributed by atoms with Gasteiger partial charge in [-0.2, -0.15) is 8.97 Å². The van der Waals surface area contributed by atoms with Crippen molar-refractivity contribution in [2.45, 2.75) is 6.54 Å². The van der Waals surface area contributed by atoms with Crippen LogP contribution in [-0.4, -0.2) is 32.6 Å². The first-order valence-corrected chi connectivity index (χ1v) is 6.76. The third-order valence-corrected chi connectivity index (χ3v) is 3.41. The fourth-order valence-electron chi connectivity index (χ4n) is 2.18. The molecule has 0 spiro atoms. The van der Waals surface area contributed by atoms with Gasteiger partial charge in [0.15, 0.2) is 0 Å². The monoisotopic (exact) mass is 319 g/mol. The number of halogens is 1. The lowest BCUT2D eigenvalue weighted by Gasteiger charge is -2.00. The van der Waals surface area contributed by atoms with Gasteiger partial charge in [0, 0.05) is 17.8 Å². The van der Waals surface area contributed by atoms with Gasteiger partial charge >= 0.3 is 17.6 Å². The number of imidazole rings is 1. The van der Waals surface area contributed by atoms with Crippen LogP contribution in [0.15, 0.2) is 36.8 Å². The van der Waals surface area contributed by atoms with Crippen molar-refractivity contribution in [1.82, 2.24) is 14.4 Å². The second-order valence-corrected chi connectivity index (χ2v) is 4.92. The molecule has 0 fully saturated rings. The summed E-state index contributed by atoms with van der Waals surface area (Å²) in [5.74, 6) is -0.454. The van der Waals surface area contributed by atoms with E-state index in [0.29, 0.717) is 10.9 Å². The number of hydrogen-bond acceptors (Lipinski definition) is 5. The Hall–Kier alpha value is -2.67. The van der Waals surface area contributed by atoms with Gasteiger partial charge in [0.2, 0.25) is 0 Å². The maximum Gasteiger partial charge on any atom is 0.407 e. The Morgan fingerprint density at radius 3 is 2.95 bits per heavy atom. The molecule has 0 saturated heterocycles. The number of aromatic hydroxyl groups is 1. The van der Waals surface area contributed by atoms with Crippen LogP contribution in [0, 0.1) is 0 Å². The first-order valence-electron chi connectivity index (χ1n) is 6.38. The Morgan fingerprint density at radius 1 is 1.45 bits per heavy atom. The zero-order valence-corrected chi connectivity index (χ0v) is 12.4. The summed E-state index contributed by atoms with van der Waals surface area (Å²) in [6, 6.07) is 5.10. The van der Waals surface area contributed by atoms with Crippen LogP contribution in [0.1, 0.15) is 16.1 Å². The van der Waals surface area contributed by atoms with Gasteiger partial charge in [-0.15, -0.1) is 0 Å². The second kappa shape index (κ2) is 5.61. The molecule has 0 atom stereocenters. The number of esters is 1. The Kier molecular flexibility index (Phi) is 3.64. The number of ether oxygens (including phenoxy) is 1. The van der Waals surface area contributed by atoms with E-state index in [0.717, 1.165) is 5.56 Å². The van der Waals surface area contributed by atoms with Gasteiger partial charge in [-0.25, -0.2) is 9.78 Å². The molecule has 3 rings (SSSR count). The highest BCUT2D eigenvalue weighted by molar-refractivity contribution is 6.29. The summed E-state index contributed by atoms with van der Waals surface area (Å²) in [5, 5.41) is 10.8. The van der Waals surface area contributed by atoms with Gasteiger partial charge < -0.3 is 9.84 Å². The lowest BCUT2D eigenvalue weighted by Crippen LogP contribution is -2.34. The molecule has 0 saturated carbocycles. The molecular formula is C14H12ClN4O3+. The van der Waals surface area contributed by atoms with Crippen LogP contribution in [-0.2, 0) is 11.3 Å². The van der Waals surface area contributed by atoms with Crippen molar-refractivity contribution in [3.8, 4) is 5.88 Å². The number of rotatable bonds is 3. The highest BCUT2D eigenvalue weighted by Crippen LogP contribution is 2.17. The van der Waals surface area contributed by atoms with Crippen LogP contribution in [0.4, 0.5) is 0 Å². The van der Waals surface area contributed by atoms with Crippen molar-refractivity contribution >= 4 is 23.3 Å². The van der Waals surface area contributed by atoms with Crippen LogP contribution >= 0.6 is 11.6 Å². The molecule has 0 radical (unpaired) electrons. The summed E-state index contributed by atoms with van der Waals surface area (Å²) in [6.45, 7) is 0.285. The normalized spacial score (nSPS) is 10.8. The molecule has 8 heteroatoms. The van der Waals surface area contributed by atoms with E-state index in [4.69, 9.17) is 16.3 Å². The zero-order valence-electron chi connectivity index (χ0n) is 11.6. The van der Waals surface area contributed by atoms with Crippen molar-refractivity contribution in [3.63, 3.8) is 0 Å². The van der Waals surface area contributed by atoms with E-state index in [2.05, 4.69) is 9.97 Å².